The van der Waals surface area contributed by atoms with Crippen molar-refractivity contribution in [1.82, 2.24) is 5.32 Å². The van der Waals surface area contributed by atoms with Crippen LogP contribution in [0.3, 0.4) is 0 Å². The molecule has 0 bridgehead atoms. The number of aliphatic hydroxyl groups is 3. The number of nitrogens with two attached hydrogens (primary N) is 1. The Hall–Kier alpha value is -0.730. The number of aliphatic hydroxyl groups excluding tert-OH is 3. The fourth-order valence-corrected chi connectivity index (χ4v) is 1.33. The molecule has 0 aromatic rings. The zero-order chi connectivity index (χ0) is 11.4. The molecule has 0 aromatic heterocycles. The number of hydrogen-bond acceptors (Lipinski definition) is 6. The van der Waals surface area contributed by atoms with Crippen LogP contribution in [0.25, 0.3) is 0 Å². The first-order valence-corrected chi connectivity index (χ1v) is 4.71. The minimum absolute atomic E-state index is 0.182. The van der Waals surface area contributed by atoms with E-state index in [1.807, 2.05) is 0 Å². The molecule has 0 aromatic carbocycles. The van der Waals surface area contributed by atoms with E-state index in [1.54, 1.807) is 0 Å². The van der Waals surface area contributed by atoms with Crippen LogP contribution in [-0.2, 0) is 9.53 Å². The van der Waals surface area contributed by atoms with Gasteiger partial charge >= 0.3 is 0 Å². The molecule has 1 heterocycles. The number of hydrogen-bond donors (Lipinski definition) is 5. The molecule has 0 unspecified atom stereocenters. The summed E-state index contributed by atoms with van der Waals surface area (Å²) in [5.74, 6) is -0.543. The summed E-state index contributed by atoms with van der Waals surface area (Å²) in [6.45, 7) is 0.364. The molecule has 1 fully saturated rings. The first-order chi connectivity index (χ1) is 7.07. The average Bonchev–Trinajstić information content (AvgIpc) is 2.23. The van der Waals surface area contributed by atoms with Gasteiger partial charge in [0.2, 0.25) is 0 Å². The Morgan fingerprint density at radius 1 is 1.40 bits per heavy atom. The molecule has 7 nitrogen and oxygen atoms in total. The molecule has 15 heavy (non-hydrogen) atoms. The molecule has 7 heteroatoms. The Labute approximate surface area is 86.8 Å². The average molecular weight is 220 g/mol. The van der Waals surface area contributed by atoms with Gasteiger partial charge in [-0.3, -0.25) is 4.79 Å². The Morgan fingerprint density at radius 2 is 2.07 bits per heavy atom. The highest BCUT2D eigenvalue weighted by Crippen LogP contribution is 2.15. The van der Waals surface area contributed by atoms with E-state index in [1.165, 1.54) is 0 Å². The maximum atomic E-state index is 11.4. The molecular formula is C8H16N2O5. The summed E-state index contributed by atoms with van der Waals surface area (Å²) in [6, 6.07) is 0. The third-order valence-corrected chi connectivity index (χ3v) is 2.20. The number of nitrogens with one attached hydrogen (secondary N) is 1. The molecule has 0 radical (unpaired) electrons. The Bertz CT molecular complexity index is 225. The van der Waals surface area contributed by atoms with Gasteiger partial charge in [0.15, 0.2) is 6.10 Å². The molecule has 4 atom stereocenters. The summed E-state index contributed by atoms with van der Waals surface area (Å²) >= 11 is 0. The van der Waals surface area contributed by atoms with E-state index in [4.69, 9.17) is 15.6 Å². The lowest BCUT2D eigenvalue weighted by atomic mass is 9.99. The first-order valence-electron chi connectivity index (χ1n) is 4.71. The zero-order valence-electron chi connectivity index (χ0n) is 8.17. The summed E-state index contributed by atoms with van der Waals surface area (Å²) in [4.78, 5) is 11.4. The lowest BCUT2D eigenvalue weighted by Crippen LogP contribution is -2.58. The molecule has 0 spiro atoms. The lowest BCUT2D eigenvalue weighted by Gasteiger charge is -2.34. The van der Waals surface area contributed by atoms with Crippen LogP contribution in [0.2, 0.25) is 0 Å². The van der Waals surface area contributed by atoms with Crippen LogP contribution < -0.4 is 11.1 Å². The summed E-state index contributed by atoms with van der Waals surface area (Å²) < 4.78 is 4.92. The minimum Gasteiger partial charge on any atom is -0.388 e. The first kappa shape index (κ1) is 12.3. The SMILES string of the molecule is NCCNC(=O)[C@H]1OC[C@@H](O)[C@H](O)[C@@H]1O. The number of rotatable bonds is 3. The molecule has 1 saturated heterocycles. The molecule has 6 N–H and O–H groups in total. The van der Waals surface area contributed by atoms with Gasteiger partial charge in [-0.25, -0.2) is 0 Å². The van der Waals surface area contributed by atoms with Crippen molar-refractivity contribution < 1.29 is 24.9 Å². The van der Waals surface area contributed by atoms with Crippen LogP contribution in [0, 0.1) is 0 Å². The van der Waals surface area contributed by atoms with Crippen LogP contribution in [0.4, 0.5) is 0 Å². The van der Waals surface area contributed by atoms with Crippen molar-refractivity contribution in [3.05, 3.63) is 0 Å². The van der Waals surface area contributed by atoms with Gasteiger partial charge < -0.3 is 31.1 Å². The number of amides is 1. The van der Waals surface area contributed by atoms with Crippen molar-refractivity contribution in [3.63, 3.8) is 0 Å². The highest BCUT2D eigenvalue weighted by molar-refractivity contribution is 5.81. The van der Waals surface area contributed by atoms with E-state index in [2.05, 4.69) is 5.32 Å². The second-order valence-electron chi connectivity index (χ2n) is 3.38. The summed E-state index contributed by atoms with van der Waals surface area (Å²) in [5.41, 5.74) is 5.18. The normalized spacial score (nSPS) is 36.3. The predicted molar refractivity (Wildman–Crippen MR) is 49.8 cm³/mol. The number of carbonyl (C=O) groups excluding carboxylic acids is 1. The van der Waals surface area contributed by atoms with Crippen LogP contribution in [0.15, 0.2) is 0 Å². The van der Waals surface area contributed by atoms with E-state index in [-0.39, 0.29) is 19.7 Å². The molecule has 88 valence electrons. The zero-order valence-corrected chi connectivity index (χ0v) is 8.17. The van der Waals surface area contributed by atoms with Gasteiger partial charge in [-0.05, 0) is 0 Å². The summed E-state index contributed by atoms with van der Waals surface area (Å²) in [7, 11) is 0. The molecular weight excluding hydrogens is 204 g/mol. The Kier molecular flexibility index (Phi) is 4.43. The van der Waals surface area contributed by atoms with Gasteiger partial charge in [0.1, 0.15) is 18.3 Å². The second kappa shape index (κ2) is 5.38. The topological polar surface area (TPSA) is 125 Å². The number of ether oxygens (including phenoxy) is 1. The lowest BCUT2D eigenvalue weighted by molar-refractivity contribution is -0.191. The van der Waals surface area contributed by atoms with Gasteiger partial charge in [0.25, 0.3) is 5.91 Å². The standard InChI is InChI=1S/C8H16N2O5/c9-1-2-10-8(14)7-6(13)5(12)4(11)3-15-7/h4-7,11-13H,1-3,9H2,(H,10,14)/t4-,5+,6+,7+/m1/s1. The highest BCUT2D eigenvalue weighted by Gasteiger charge is 2.41. The molecule has 0 saturated carbocycles. The number of carbonyl (C=O) groups is 1. The maximum absolute atomic E-state index is 11.4. The Balaban J connectivity index is 2.51. The van der Waals surface area contributed by atoms with Gasteiger partial charge in [0, 0.05) is 13.1 Å². The van der Waals surface area contributed by atoms with Crippen molar-refractivity contribution in [2.45, 2.75) is 24.4 Å². The fourth-order valence-electron chi connectivity index (χ4n) is 1.33. The van der Waals surface area contributed by atoms with Crippen LogP contribution >= 0.6 is 0 Å². The van der Waals surface area contributed by atoms with Crippen molar-refractivity contribution >= 4 is 5.91 Å². The van der Waals surface area contributed by atoms with E-state index >= 15 is 0 Å². The molecule has 0 aliphatic carbocycles. The van der Waals surface area contributed by atoms with E-state index < -0.39 is 30.3 Å². The highest BCUT2D eigenvalue weighted by atomic mass is 16.5. The Morgan fingerprint density at radius 3 is 2.67 bits per heavy atom. The maximum Gasteiger partial charge on any atom is 0.252 e. The molecule has 1 aliphatic heterocycles. The summed E-state index contributed by atoms with van der Waals surface area (Å²) in [6.07, 6.45) is -5.12. The van der Waals surface area contributed by atoms with Crippen molar-refractivity contribution in [2.24, 2.45) is 5.73 Å². The summed E-state index contributed by atoms with van der Waals surface area (Å²) in [5, 5.41) is 30.3. The van der Waals surface area contributed by atoms with E-state index in [0.717, 1.165) is 0 Å². The van der Waals surface area contributed by atoms with Crippen LogP contribution in [-0.4, -0.2) is 65.3 Å². The van der Waals surface area contributed by atoms with Crippen molar-refractivity contribution in [1.29, 1.82) is 0 Å². The third kappa shape index (κ3) is 2.86. The van der Waals surface area contributed by atoms with Gasteiger partial charge in [-0.15, -0.1) is 0 Å². The van der Waals surface area contributed by atoms with E-state index in [9.17, 15) is 15.0 Å². The molecule has 1 amide bonds. The smallest absolute Gasteiger partial charge is 0.252 e. The quantitative estimate of drug-likeness (QED) is 0.337. The predicted octanol–water partition coefficient (Wildman–Crippen LogP) is -3.46. The van der Waals surface area contributed by atoms with Gasteiger partial charge in [-0.1, -0.05) is 0 Å². The third-order valence-electron chi connectivity index (χ3n) is 2.20. The van der Waals surface area contributed by atoms with E-state index in [0.29, 0.717) is 0 Å². The van der Waals surface area contributed by atoms with Crippen LogP contribution in [0.5, 0.6) is 0 Å². The largest absolute Gasteiger partial charge is 0.388 e. The van der Waals surface area contributed by atoms with Crippen LogP contribution in [0.1, 0.15) is 0 Å². The monoisotopic (exact) mass is 220 g/mol. The minimum atomic E-state index is -1.42. The van der Waals surface area contributed by atoms with Gasteiger partial charge in [-0.2, -0.15) is 0 Å². The van der Waals surface area contributed by atoms with Crippen molar-refractivity contribution in [2.75, 3.05) is 19.7 Å². The fraction of sp³-hybridized carbons (Fsp3) is 0.875. The second-order valence-corrected chi connectivity index (χ2v) is 3.38. The molecule has 1 rings (SSSR count). The molecule has 1 aliphatic rings. The van der Waals surface area contributed by atoms with Crippen molar-refractivity contribution in [3.8, 4) is 0 Å². The van der Waals surface area contributed by atoms with Gasteiger partial charge in [0.05, 0.1) is 6.61 Å².